The SMILES string of the molecule is Cc1cc(C)c(C(CN)N(C)Cc2ccccn2)c(C)c1. The van der Waals surface area contributed by atoms with Crippen molar-refractivity contribution in [2.24, 2.45) is 5.73 Å². The Labute approximate surface area is 127 Å². The summed E-state index contributed by atoms with van der Waals surface area (Å²) in [6.07, 6.45) is 1.84. The second kappa shape index (κ2) is 6.83. The highest BCUT2D eigenvalue weighted by Crippen LogP contribution is 2.27. The van der Waals surface area contributed by atoms with Gasteiger partial charge in [-0.05, 0) is 56.6 Å². The van der Waals surface area contributed by atoms with Gasteiger partial charge in [0.05, 0.1) is 5.69 Å². The molecule has 0 bridgehead atoms. The van der Waals surface area contributed by atoms with Crippen LogP contribution >= 0.6 is 0 Å². The third-order valence-corrected chi connectivity index (χ3v) is 3.96. The average molecular weight is 283 g/mol. The number of nitrogens with zero attached hydrogens (tertiary/aromatic N) is 2. The van der Waals surface area contributed by atoms with Gasteiger partial charge < -0.3 is 5.73 Å². The summed E-state index contributed by atoms with van der Waals surface area (Å²) >= 11 is 0. The smallest absolute Gasteiger partial charge is 0.0544 e. The number of aryl methyl sites for hydroxylation is 3. The quantitative estimate of drug-likeness (QED) is 0.916. The first kappa shape index (κ1) is 15.7. The molecule has 21 heavy (non-hydrogen) atoms. The number of rotatable bonds is 5. The van der Waals surface area contributed by atoms with Crippen LogP contribution in [0.4, 0.5) is 0 Å². The summed E-state index contributed by atoms with van der Waals surface area (Å²) < 4.78 is 0. The van der Waals surface area contributed by atoms with Gasteiger partial charge in [0.15, 0.2) is 0 Å². The fourth-order valence-electron chi connectivity index (χ4n) is 3.09. The molecule has 3 heteroatoms. The predicted molar refractivity (Wildman–Crippen MR) is 88.2 cm³/mol. The number of pyridine rings is 1. The summed E-state index contributed by atoms with van der Waals surface area (Å²) in [6.45, 7) is 7.89. The lowest BCUT2D eigenvalue weighted by Gasteiger charge is -2.30. The molecule has 112 valence electrons. The highest BCUT2D eigenvalue weighted by molar-refractivity contribution is 5.40. The van der Waals surface area contributed by atoms with Crippen LogP contribution in [0.25, 0.3) is 0 Å². The van der Waals surface area contributed by atoms with Crippen LogP contribution in [0, 0.1) is 20.8 Å². The number of likely N-dealkylation sites (N-methyl/N-ethyl adjacent to an activating group) is 1. The predicted octanol–water partition coefficient (Wildman–Crippen LogP) is 3.14. The van der Waals surface area contributed by atoms with Crippen LogP contribution in [-0.2, 0) is 6.54 Å². The summed E-state index contributed by atoms with van der Waals surface area (Å²) in [5.41, 5.74) is 12.4. The Morgan fingerprint density at radius 1 is 1.14 bits per heavy atom. The average Bonchev–Trinajstić information content (AvgIpc) is 2.43. The number of benzene rings is 1. The minimum Gasteiger partial charge on any atom is -0.329 e. The Kier molecular flexibility index (Phi) is 5.10. The van der Waals surface area contributed by atoms with E-state index in [4.69, 9.17) is 5.73 Å². The molecule has 2 N–H and O–H groups in total. The van der Waals surface area contributed by atoms with Crippen molar-refractivity contribution in [1.82, 2.24) is 9.88 Å². The fourth-order valence-corrected chi connectivity index (χ4v) is 3.09. The van der Waals surface area contributed by atoms with E-state index >= 15 is 0 Å². The Balaban J connectivity index is 2.27. The molecule has 1 aromatic heterocycles. The molecule has 2 rings (SSSR count). The molecule has 0 aliphatic rings. The normalized spacial score (nSPS) is 12.7. The topological polar surface area (TPSA) is 42.1 Å². The van der Waals surface area contributed by atoms with Crippen LogP contribution in [0.2, 0.25) is 0 Å². The first-order valence-corrected chi connectivity index (χ1v) is 7.41. The maximum Gasteiger partial charge on any atom is 0.0544 e. The molecular weight excluding hydrogens is 258 g/mol. The Hall–Kier alpha value is -1.71. The van der Waals surface area contributed by atoms with Crippen molar-refractivity contribution in [1.29, 1.82) is 0 Å². The highest BCUT2D eigenvalue weighted by Gasteiger charge is 2.20. The third kappa shape index (κ3) is 3.69. The van der Waals surface area contributed by atoms with Crippen molar-refractivity contribution >= 4 is 0 Å². The second-order valence-corrected chi connectivity index (χ2v) is 5.80. The van der Waals surface area contributed by atoms with Crippen molar-refractivity contribution in [2.45, 2.75) is 33.4 Å². The second-order valence-electron chi connectivity index (χ2n) is 5.80. The van der Waals surface area contributed by atoms with Crippen molar-refractivity contribution < 1.29 is 0 Å². The van der Waals surface area contributed by atoms with E-state index in [1.54, 1.807) is 0 Å². The van der Waals surface area contributed by atoms with Gasteiger partial charge >= 0.3 is 0 Å². The molecule has 0 amide bonds. The molecule has 0 saturated heterocycles. The van der Waals surface area contributed by atoms with E-state index in [2.05, 4.69) is 55.9 Å². The van der Waals surface area contributed by atoms with E-state index in [9.17, 15) is 0 Å². The van der Waals surface area contributed by atoms with Gasteiger partial charge in [0.25, 0.3) is 0 Å². The van der Waals surface area contributed by atoms with Crippen LogP contribution in [0.3, 0.4) is 0 Å². The van der Waals surface area contributed by atoms with Crippen molar-refractivity contribution in [3.63, 3.8) is 0 Å². The highest BCUT2D eigenvalue weighted by atomic mass is 15.1. The minimum absolute atomic E-state index is 0.215. The molecule has 0 aliphatic heterocycles. The third-order valence-electron chi connectivity index (χ3n) is 3.96. The Bertz CT molecular complexity index is 570. The summed E-state index contributed by atoms with van der Waals surface area (Å²) in [4.78, 5) is 6.69. The molecule has 3 nitrogen and oxygen atoms in total. The molecule has 1 atom stereocenters. The zero-order chi connectivity index (χ0) is 15.4. The van der Waals surface area contributed by atoms with Crippen molar-refractivity contribution in [2.75, 3.05) is 13.6 Å². The fraction of sp³-hybridized carbons (Fsp3) is 0.389. The number of nitrogens with two attached hydrogens (primary N) is 1. The Morgan fingerprint density at radius 3 is 2.33 bits per heavy atom. The van der Waals surface area contributed by atoms with Gasteiger partial charge in [-0.25, -0.2) is 0 Å². The van der Waals surface area contributed by atoms with Crippen LogP contribution in [0.5, 0.6) is 0 Å². The standard InChI is InChI=1S/C18H25N3/c1-13-9-14(2)18(15(3)10-13)17(11-19)21(4)12-16-7-5-6-8-20-16/h5-10,17H,11-12,19H2,1-4H3. The lowest BCUT2D eigenvalue weighted by atomic mass is 9.93. The molecule has 0 radical (unpaired) electrons. The van der Waals surface area contributed by atoms with E-state index in [-0.39, 0.29) is 6.04 Å². The monoisotopic (exact) mass is 283 g/mol. The first-order valence-electron chi connectivity index (χ1n) is 7.41. The maximum atomic E-state index is 6.07. The van der Waals surface area contributed by atoms with Crippen LogP contribution in [0.15, 0.2) is 36.5 Å². The summed E-state index contributed by atoms with van der Waals surface area (Å²) in [5, 5.41) is 0. The molecule has 0 saturated carbocycles. The zero-order valence-corrected chi connectivity index (χ0v) is 13.4. The Morgan fingerprint density at radius 2 is 1.81 bits per heavy atom. The van der Waals surface area contributed by atoms with E-state index < -0.39 is 0 Å². The van der Waals surface area contributed by atoms with E-state index in [1.807, 2.05) is 18.3 Å². The number of aromatic nitrogens is 1. The minimum atomic E-state index is 0.215. The van der Waals surface area contributed by atoms with Gasteiger partial charge in [0.2, 0.25) is 0 Å². The van der Waals surface area contributed by atoms with Crippen LogP contribution in [-0.4, -0.2) is 23.5 Å². The van der Waals surface area contributed by atoms with E-state index in [0.29, 0.717) is 6.54 Å². The van der Waals surface area contributed by atoms with Crippen LogP contribution in [0.1, 0.15) is 34.0 Å². The molecule has 0 aliphatic carbocycles. The molecule has 0 spiro atoms. The van der Waals surface area contributed by atoms with Gasteiger partial charge in [0, 0.05) is 25.3 Å². The summed E-state index contributed by atoms with van der Waals surface area (Å²) in [7, 11) is 2.12. The molecular formula is C18H25N3. The van der Waals surface area contributed by atoms with Gasteiger partial charge in [-0.15, -0.1) is 0 Å². The molecule has 1 heterocycles. The molecule has 1 unspecified atom stereocenters. The van der Waals surface area contributed by atoms with E-state index in [1.165, 1.54) is 22.3 Å². The number of hydrogen-bond acceptors (Lipinski definition) is 3. The zero-order valence-electron chi connectivity index (χ0n) is 13.4. The van der Waals surface area contributed by atoms with Crippen molar-refractivity contribution in [3.8, 4) is 0 Å². The lowest BCUT2D eigenvalue weighted by molar-refractivity contribution is 0.237. The largest absolute Gasteiger partial charge is 0.329 e. The summed E-state index contributed by atoms with van der Waals surface area (Å²) in [5.74, 6) is 0. The van der Waals surface area contributed by atoms with Crippen molar-refractivity contribution in [3.05, 3.63) is 64.5 Å². The van der Waals surface area contributed by atoms with Gasteiger partial charge in [-0.2, -0.15) is 0 Å². The van der Waals surface area contributed by atoms with Gasteiger partial charge in [0.1, 0.15) is 0 Å². The van der Waals surface area contributed by atoms with Gasteiger partial charge in [-0.3, -0.25) is 9.88 Å². The lowest BCUT2D eigenvalue weighted by Crippen LogP contribution is -2.31. The maximum absolute atomic E-state index is 6.07. The van der Waals surface area contributed by atoms with E-state index in [0.717, 1.165) is 12.2 Å². The molecule has 2 aromatic rings. The molecule has 0 fully saturated rings. The van der Waals surface area contributed by atoms with Gasteiger partial charge in [-0.1, -0.05) is 23.8 Å². The van der Waals surface area contributed by atoms with Crippen LogP contribution < -0.4 is 5.73 Å². The molecule has 1 aromatic carbocycles. The first-order chi connectivity index (χ1) is 10.0. The number of hydrogen-bond donors (Lipinski definition) is 1. The summed E-state index contributed by atoms with van der Waals surface area (Å²) in [6, 6.07) is 10.7.